The Morgan fingerprint density at radius 3 is 2.66 bits per heavy atom. The van der Waals surface area contributed by atoms with E-state index < -0.39 is 17.8 Å². The van der Waals surface area contributed by atoms with Crippen LogP contribution in [0.25, 0.3) is 11.4 Å². The number of hydrogen-bond donors (Lipinski definition) is 0. The fourth-order valence-corrected chi connectivity index (χ4v) is 3.26. The molecule has 0 fully saturated rings. The minimum absolute atomic E-state index is 0.0149. The molecule has 1 aliphatic rings. The second kappa shape index (κ2) is 7.27. The van der Waals surface area contributed by atoms with Crippen LogP contribution in [0.3, 0.4) is 0 Å². The lowest BCUT2D eigenvalue weighted by Crippen LogP contribution is -2.40. The van der Waals surface area contributed by atoms with Gasteiger partial charge in [-0.2, -0.15) is 13.2 Å². The second-order valence-electron chi connectivity index (χ2n) is 6.22. The van der Waals surface area contributed by atoms with Crippen molar-refractivity contribution in [3.63, 3.8) is 0 Å². The van der Waals surface area contributed by atoms with Crippen LogP contribution in [0, 0.1) is 0 Å². The molecule has 4 rings (SSSR count). The highest BCUT2D eigenvalue weighted by atomic mass is 35.5. The zero-order valence-corrected chi connectivity index (χ0v) is 16.0. The first-order valence-corrected chi connectivity index (χ1v) is 9.06. The summed E-state index contributed by atoms with van der Waals surface area (Å²) in [6, 6.07) is 3.59. The van der Waals surface area contributed by atoms with Gasteiger partial charge in [0.05, 0.1) is 23.5 Å². The van der Waals surface area contributed by atoms with E-state index in [0.29, 0.717) is 12.2 Å². The van der Waals surface area contributed by atoms with Crippen molar-refractivity contribution in [1.82, 2.24) is 29.4 Å². The maximum atomic E-state index is 12.9. The van der Waals surface area contributed by atoms with Crippen LogP contribution in [0.5, 0.6) is 0 Å². The monoisotopic (exact) mass is 442 g/mol. The van der Waals surface area contributed by atoms with E-state index in [-0.39, 0.29) is 40.6 Å². The SMILES string of the molecule is O=C1c2nc(-c3nc(Cl)ncc3Cl)cn2CCN1Cc1cccc(C(F)(F)F)n1. The molecule has 0 spiro atoms. The first kappa shape index (κ1) is 19.6. The Bertz CT molecular complexity index is 1100. The Hall–Kier alpha value is -2.72. The number of alkyl halides is 3. The van der Waals surface area contributed by atoms with Crippen LogP contribution in [-0.4, -0.2) is 41.9 Å². The van der Waals surface area contributed by atoms with Crippen molar-refractivity contribution in [2.24, 2.45) is 0 Å². The Labute approximate surface area is 172 Å². The Morgan fingerprint density at radius 1 is 1.10 bits per heavy atom. The number of carbonyl (C=O) groups excluding carboxylic acids is 1. The summed E-state index contributed by atoms with van der Waals surface area (Å²) in [6.07, 6.45) is -1.60. The molecule has 0 N–H and O–H groups in total. The largest absolute Gasteiger partial charge is 0.433 e. The van der Waals surface area contributed by atoms with Gasteiger partial charge in [0.15, 0.2) is 5.82 Å². The molecule has 0 unspecified atom stereocenters. The molecule has 150 valence electrons. The van der Waals surface area contributed by atoms with E-state index in [1.807, 2.05) is 0 Å². The number of rotatable bonds is 3. The predicted molar refractivity (Wildman–Crippen MR) is 97.3 cm³/mol. The molecule has 4 heterocycles. The summed E-state index contributed by atoms with van der Waals surface area (Å²) >= 11 is 11.9. The lowest BCUT2D eigenvalue weighted by molar-refractivity contribution is -0.141. The Morgan fingerprint density at radius 2 is 1.90 bits per heavy atom. The van der Waals surface area contributed by atoms with Crippen molar-refractivity contribution >= 4 is 29.1 Å². The third-order valence-corrected chi connectivity index (χ3v) is 4.73. The van der Waals surface area contributed by atoms with Crippen molar-refractivity contribution in [3.8, 4) is 11.4 Å². The van der Waals surface area contributed by atoms with Gasteiger partial charge < -0.3 is 9.47 Å². The van der Waals surface area contributed by atoms with E-state index in [1.54, 1.807) is 10.8 Å². The highest BCUT2D eigenvalue weighted by Crippen LogP contribution is 2.29. The molecule has 1 aliphatic heterocycles. The van der Waals surface area contributed by atoms with Gasteiger partial charge in [0.2, 0.25) is 5.28 Å². The van der Waals surface area contributed by atoms with Gasteiger partial charge in [0.25, 0.3) is 5.91 Å². The van der Waals surface area contributed by atoms with Crippen LogP contribution in [0.4, 0.5) is 13.2 Å². The van der Waals surface area contributed by atoms with Gasteiger partial charge >= 0.3 is 6.18 Å². The van der Waals surface area contributed by atoms with E-state index in [4.69, 9.17) is 23.2 Å². The van der Waals surface area contributed by atoms with Crippen LogP contribution in [-0.2, 0) is 19.3 Å². The number of imidazole rings is 1. The Balaban J connectivity index is 1.59. The Kier molecular flexibility index (Phi) is 4.91. The molecule has 12 heteroatoms. The number of hydrogen-bond acceptors (Lipinski definition) is 5. The third kappa shape index (κ3) is 3.90. The average Bonchev–Trinajstić information content (AvgIpc) is 3.10. The van der Waals surface area contributed by atoms with Gasteiger partial charge in [0, 0.05) is 19.3 Å². The summed E-state index contributed by atoms with van der Waals surface area (Å²) in [7, 11) is 0. The third-order valence-electron chi connectivity index (χ3n) is 4.27. The van der Waals surface area contributed by atoms with Gasteiger partial charge in [-0.25, -0.2) is 19.9 Å². The molecule has 3 aromatic heterocycles. The summed E-state index contributed by atoms with van der Waals surface area (Å²) < 4.78 is 40.2. The van der Waals surface area contributed by atoms with Gasteiger partial charge in [-0.15, -0.1) is 0 Å². The number of fused-ring (bicyclic) bond motifs is 1. The van der Waals surface area contributed by atoms with Crippen LogP contribution in [0.1, 0.15) is 22.0 Å². The topological polar surface area (TPSA) is 76.8 Å². The van der Waals surface area contributed by atoms with Crippen molar-refractivity contribution in [2.45, 2.75) is 19.3 Å². The summed E-state index contributed by atoms with van der Waals surface area (Å²) in [4.78, 5) is 29.9. The maximum Gasteiger partial charge on any atom is 0.433 e. The molecule has 0 aromatic carbocycles. The summed E-state index contributed by atoms with van der Waals surface area (Å²) in [5.41, 5.74) is -0.230. The molecule has 1 amide bonds. The minimum Gasteiger partial charge on any atom is -0.328 e. The molecule has 3 aromatic rings. The van der Waals surface area contributed by atoms with Crippen LogP contribution in [0.2, 0.25) is 10.3 Å². The van der Waals surface area contributed by atoms with Gasteiger partial charge in [-0.05, 0) is 23.7 Å². The molecular formula is C17H11Cl2F3N6O. The standard InChI is InChI=1S/C17H11Cl2F3N6O/c18-10-6-23-16(19)26-13(10)11-8-27-4-5-28(15(29)14(27)25-11)7-9-2-1-3-12(24-9)17(20,21)22/h1-3,6,8H,4-5,7H2. The average molecular weight is 443 g/mol. The fraction of sp³-hybridized carbons (Fsp3) is 0.235. The molecule has 0 radical (unpaired) electrons. The number of aromatic nitrogens is 5. The molecule has 7 nitrogen and oxygen atoms in total. The van der Waals surface area contributed by atoms with Crippen molar-refractivity contribution < 1.29 is 18.0 Å². The van der Waals surface area contributed by atoms with E-state index in [0.717, 1.165) is 6.07 Å². The molecule has 0 saturated carbocycles. The van der Waals surface area contributed by atoms with Crippen LogP contribution < -0.4 is 0 Å². The van der Waals surface area contributed by atoms with Crippen molar-refractivity contribution in [1.29, 1.82) is 0 Å². The van der Waals surface area contributed by atoms with Crippen molar-refractivity contribution in [3.05, 3.63) is 58.1 Å². The number of amides is 1. The first-order chi connectivity index (χ1) is 13.7. The van der Waals surface area contributed by atoms with Gasteiger partial charge in [0.1, 0.15) is 17.1 Å². The number of halogens is 5. The maximum absolute atomic E-state index is 12.9. The summed E-state index contributed by atoms with van der Waals surface area (Å²) in [5.74, 6) is -0.304. The van der Waals surface area contributed by atoms with Crippen LogP contribution >= 0.6 is 23.2 Å². The summed E-state index contributed by atoms with van der Waals surface area (Å²) in [5, 5.41) is 0.210. The second-order valence-corrected chi connectivity index (χ2v) is 6.96. The van der Waals surface area contributed by atoms with E-state index in [1.165, 1.54) is 23.2 Å². The highest BCUT2D eigenvalue weighted by Gasteiger charge is 2.33. The molecule has 0 saturated heterocycles. The van der Waals surface area contributed by atoms with Gasteiger partial charge in [-0.1, -0.05) is 17.7 Å². The smallest absolute Gasteiger partial charge is 0.328 e. The van der Waals surface area contributed by atoms with E-state index in [9.17, 15) is 18.0 Å². The molecule has 0 bridgehead atoms. The lowest BCUT2D eigenvalue weighted by atomic mass is 10.2. The number of nitrogens with zero attached hydrogens (tertiary/aromatic N) is 6. The zero-order valence-electron chi connectivity index (χ0n) is 14.5. The van der Waals surface area contributed by atoms with E-state index >= 15 is 0 Å². The number of carbonyl (C=O) groups is 1. The first-order valence-electron chi connectivity index (χ1n) is 8.30. The fourth-order valence-electron chi connectivity index (χ4n) is 2.94. The number of pyridine rings is 1. The molecular weight excluding hydrogens is 432 g/mol. The quantitative estimate of drug-likeness (QED) is 0.577. The minimum atomic E-state index is -4.55. The zero-order chi connectivity index (χ0) is 20.8. The lowest BCUT2D eigenvalue weighted by Gasteiger charge is -2.27. The molecule has 0 atom stereocenters. The predicted octanol–water partition coefficient (Wildman–Crippen LogP) is 3.72. The summed E-state index contributed by atoms with van der Waals surface area (Å²) in [6.45, 7) is 0.631. The van der Waals surface area contributed by atoms with E-state index in [2.05, 4.69) is 19.9 Å². The van der Waals surface area contributed by atoms with Gasteiger partial charge in [-0.3, -0.25) is 4.79 Å². The normalized spacial score (nSPS) is 14.2. The molecule has 29 heavy (non-hydrogen) atoms. The van der Waals surface area contributed by atoms with Crippen molar-refractivity contribution in [2.75, 3.05) is 6.54 Å². The van der Waals surface area contributed by atoms with Crippen LogP contribution in [0.15, 0.2) is 30.6 Å². The molecule has 0 aliphatic carbocycles. The highest BCUT2D eigenvalue weighted by molar-refractivity contribution is 6.33.